The van der Waals surface area contributed by atoms with E-state index in [4.69, 9.17) is 11.6 Å². The van der Waals surface area contributed by atoms with Gasteiger partial charge in [0.05, 0.1) is 24.3 Å². The first kappa shape index (κ1) is 14.9. The monoisotopic (exact) mass is 317 g/mol. The SMILES string of the molecule is Fc1cccc(Cl)c1C=NN1CCN(c2ccccc2)CC1. The van der Waals surface area contributed by atoms with E-state index in [0.717, 1.165) is 26.2 Å². The van der Waals surface area contributed by atoms with Crippen LogP contribution in [0.1, 0.15) is 5.56 Å². The highest BCUT2D eigenvalue weighted by Crippen LogP contribution is 2.18. The molecule has 22 heavy (non-hydrogen) atoms. The Hall–Kier alpha value is -2.07. The first-order chi connectivity index (χ1) is 10.7. The van der Waals surface area contributed by atoms with Crippen LogP contribution in [0.4, 0.5) is 10.1 Å². The summed E-state index contributed by atoms with van der Waals surface area (Å²) in [4.78, 5) is 2.32. The lowest BCUT2D eigenvalue weighted by atomic mass is 10.2. The Morgan fingerprint density at radius 3 is 2.36 bits per heavy atom. The van der Waals surface area contributed by atoms with Crippen LogP contribution in [0, 0.1) is 5.82 Å². The van der Waals surface area contributed by atoms with Crippen LogP contribution in [-0.4, -0.2) is 37.4 Å². The van der Waals surface area contributed by atoms with Crippen molar-refractivity contribution >= 4 is 23.5 Å². The molecule has 2 aromatic rings. The number of benzene rings is 2. The molecule has 5 heteroatoms. The standard InChI is InChI=1S/C17H17ClFN3/c18-16-7-4-8-17(19)15(16)13-20-22-11-9-21(10-12-22)14-5-2-1-3-6-14/h1-8,13H,9-12H2. The van der Waals surface area contributed by atoms with Gasteiger partial charge in [0.15, 0.2) is 0 Å². The summed E-state index contributed by atoms with van der Waals surface area (Å²) in [6.45, 7) is 3.40. The minimum absolute atomic E-state index is 0.342. The third-order valence-electron chi connectivity index (χ3n) is 3.73. The zero-order chi connectivity index (χ0) is 15.4. The van der Waals surface area contributed by atoms with Crippen LogP contribution < -0.4 is 4.90 Å². The van der Waals surface area contributed by atoms with Gasteiger partial charge in [-0.15, -0.1) is 0 Å². The number of rotatable bonds is 3. The number of hydrogen-bond acceptors (Lipinski definition) is 3. The van der Waals surface area contributed by atoms with Crippen LogP contribution >= 0.6 is 11.6 Å². The Kier molecular flexibility index (Phi) is 4.59. The summed E-state index contributed by atoms with van der Waals surface area (Å²) < 4.78 is 13.7. The Labute approximate surface area is 134 Å². The second-order valence-corrected chi connectivity index (χ2v) is 5.56. The van der Waals surface area contributed by atoms with Gasteiger partial charge in [0.25, 0.3) is 0 Å². The van der Waals surface area contributed by atoms with Gasteiger partial charge in [0, 0.05) is 24.3 Å². The quantitative estimate of drug-likeness (QED) is 0.805. The first-order valence-corrected chi connectivity index (χ1v) is 7.65. The first-order valence-electron chi connectivity index (χ1n) is 7.27. The van der Waals surface area contributed by atoms with Crippen LogP contribution in [0.2, 0.25) is 5.02 Å². The summed E-state index contributed by atoms with van der Waals surface area (Å²) in [5.41, 5.74) is 1.57. The zero-order valence-corrected chi connectivity index (χ0v) is 12.9. The third-order valence-corrected chi connectivity index (χ3v) is 4.06. The van der Waals surface area contributed by atoms with Gasteiger partial charge in [-0.05, 0) is 24.3 Å². The normalized spacial score (nSPS) is 15.5. The second-order valence-electron chi connectivity index (χ2n) is 5.16. The predicted octanol–water partition coefficient (Wildman–Crippen LogP) is 3.64. The molecule has 0 saturated carbocycles. The van der Waals surface area contributed by atoms with Crippen LogP contribution in [-0.2, 0) is 0 Å². The van der Waals surface area contributed by atoms with E-state index in [2.05, 4.69) is 22.1 Å². The highest BCUT2D eigenvalue weighted by molar-refractivity contribution is 6.33. The molecule has 1 heterocycles. The maximum Gasteiger partial charge on any atom is 0.133 e. The van der Waals surface area contributed by atoms with E-state index < -0.39 is 0 Å². The molecule has 114 valence electrons. The summed E-state index contributed by atoms with van der Waals surface area (Å²) in [6, 6.07) is 15.0. The van der Waals surface area contributed by atoms with Crippen molar-refractivity contribution in [1.82, 2.24) is 5.01 Å². The van der Waals surface area contributed by atoms with Crippen molar-refractivity contribution in [2.45, 2.75) is 0 Å². The Morgan fingerprint density at radius 1 is 0.955 bits per heavy atom. The number of anilines is 1. The molecule has 1 aliphatic rings. The van der Waals surface area contributed by atoms with E-state index in [0.29, 0.717) is 10.6 Å². The fourth-order valence-electron chi connectivity index (χ4n) is 2.48. The second kappa shape index (κ2) is 6.79. The van der Waals surface area contributed by atoms with Crippen LogP contribution in [0.5, 0.6) is 0 Å². The number of nitrogens with zero attached hydrogens (tertiary/aromatic N) is 3. The van der Waals surface area contributed by atoms with Gasteiger partial charge < -0.3 is 4.90 Å². The predicted molar refractivity (Wildman–Crippen MR) is 89.2 cm³/mol. The molecule has 0 aromatic heterocycles. The van der Waals surface area contributed by atoms with E-state index in [-0.39, 0.29) is 5.82 Å². The number of piperazine rings is 1. The smallest absolute Gasteiger partial charge is 0.133 e. The molecule has 0 aliphatic carbocycles. The molecule has 3 nitrogen and oxygen atoms in total. The molecule has 3 rings (SSSR count). The molecule has 0 radical (unpaired) electrons. The van der Waals surface area contributed by atoms with Crippen molar-refractivity contribution in [1.29, 1.82) is 0 Å². The van der Waals surface area contributed by atoms with Gasteiger partial charge in [-0.2, -0.15) is 5.10 Å². The van der Waals surface area contributed by atoms with Crippen LogP contribution in [0.3, 0.4) is 0 Å². The Bertz CT molecular complexity index is 632. The van der Waals surface area contributed by atoms with Crippen molar-refractivity contribution in [3.05, 3.63) is 64.9 Å². The lowest BCUT2D eigenvalue weighted by Crippen LogP contribution is -2.44. The van der Waals surface area contributed by atoms with Crippen molar-refractivity contribution in [3.63, 3.8) is 0 Å². The molecule has 0 atom stereocenters. The van der Waals surface area contributed by atoms with Gasteiger partial charge in [0.2, 0.25) is 0 Å². The molecule has 1 saturated heterocycles. The summed E-state index contributed by atoms with van der Waals surface area (Å²) in [7, 11) is 0. The topological polar surface area (TPSA) is 18.8 Å². The molecule has 0 bridgehead atoms. The summed E-state index contributed by atoms with van der Waals surface area (Å²) in [5, 5.41) is 6.69. The van der Waals surface area contributed by atoms with E-state index >= 15 is 0 Å². The molecular weight excluding hydrogens is 301 g/mol. The lowest BCUT2D eigenvalue weighted by molar-refractivity contribution is 0.272. The minimum Gasteiger partial charge on any atom is -0.368 e. The lowest BCUT2D eigenvalue weighted by Gasteiger charge is -2.34. The number of hydrazone groups is 1. The van der Waals surface area contributed by atoms with Gasteiger partial charge in [0.1, 0.15) is 5.82 Å². The fraction of sp³-hybridized carbons (Fsp3) is 0.235. The third kappa shape index (κ3) is 3.39. The van der Waals surface area contributed by atoms with Gasteiger partial charge in [-0.1, -0.05) is 35.9 Å². The Balaban J connectivity index is 1.61. The van der Waals surface area contributed by atoms with Gasteiger partial charge in [-0.3, -0.25) is 5.01 Å². The molecule has 0 spiro atoms. The molecule has 0 unspecified atom stereocenters. The molecule has 1 fully saturated rings. The summed E-state index contributed by atoms with van der Waals surface area (Å²) in [6.07, 6.45) is 1.51. The van der Waals surface area contributed by atoms with Gasteiger partial charge >= 0.3 is 0 Å². The molecule has 0 N–H and O–H groups in total. The minimum atomic E-state index is -0.348. The zero-order valence-electron chi connectivity index (χ0n) is 12.1. The highest BCUT2D eigenvalue weighted by Gasteiger charge is 2.15. The largest absolute Gasteiger partial charge is 0.368 e. The maximum atomic E-state index is 13.7. The summed E-state index contributed by atoms with van der Waals surface area (Å²) in [5.74, 6) is -0.348. The van der Waals surface area contributed by atoms with E-state index in [1.54, 1.807) is 12.1 Å². The van der Waals surface area contributed by atoms with Crippen molar-refractivity contribution < 1.29 is 4.39 Å². The van der Waals surface area contributed by atoms with Gasteiger partial charge in [-0.25, -0.2) is 4.39 Å². The fourth-order valence-corrected chi connectivity index (χ4v) is 2.69. The summed E-state index contributed by atoms with van der Waals surface area (Å²) >= 11 is 5.99. The molecular formula is C17H17ClFN3. The van der Waals surface area contributed by atoms with E-state index in [9.17, 15) is 4.39 Å². The average molecular weight is 318 g/mol. The van der Waals surface area contributed by atoms with Crippen molar-refractivity contribution in [2.24, 2.45) is 5.10 Å². The van der Waals surface area contributed by atoms with Crippen LogP contribution in [0.25, 0.3) is 0 Å². The number of para-hydroxylation sites is 1. The Morgan fingerprint density at radius 2 is 1.68 bits per heavy atom. The van der Waals surface area contributed by atoms with E-state index in [1.165, 1.54) is 18.0 Å². The van der Waals surface area contributed by atoms with Crippen molar-refractivity contribution in [2.75, 3.05) is 31.1 Å². The molecule has 0 amide bonds. The number of hydrogen-bond donors (Lipinski definition) is 0. The van der Waals surface area contributed by atoms with Crippen molar-refractivity contribution in [3.8, 4) is 0 Å². The van der Waals surface area contributed by atoms with Crippen LogP contribution in [0.15, 0.2) is 53.6 Å². The number of halogens is 2. The molecule has 2 aromatic carbocycles. The average Bonchev–Trinajstić information content (AvgIpc) is 2.56. The van der Waals surface area contributed by atoms with E-state index in [1.807, 2.05) is 23.2 Å². The molecule has 1 aliphatic heterocycles. The highest BCUT2D eigenvalue weighted by atomic mass is 35.5. The maximum absolute atomic E-state index is 13.7.